The van der Waals surface area contributed by atoms with Crippen molar-refractivity contribution in [3.8, 4) is 0 Å². The van der Waals surface area contributed by atoms with E-state index < -0.39 is 18.8 Å². The molecule has 6 heteroatoms. The van der Waals surface area contributed by atoms with Crippen molar-refractivity contribution in [1.82, 2.24) is 0 Å². The lowest BCUT2D eigenvalue weighted by molar-refractivity contribution is 0.0989. The Morgan fingerprint density at radius 1 is 1.10 bits per heavy atom. The number of hydrogen-bond acceptors (Lipinski definition) is 3. The van der Waals surface area contributed by atoms with E-state index in [2.05, 4.69) is 0 Å². The van der Waals surface area contributed by atoms with Crippen LogP contribution in [0.25, 0.3) is 0 Å². The molecular weight excluding hydrogens is 260 g/mol. The molecule has 0 aliphatic carbocycles. The molecule has 1 amide bonds. The van der Waals surface area contributed by atoms with Gasteiger partial charge in [-0.15, -0.1) is 0 Å². The minimum Gasteiger partial charge on any atom is -0.423 e. The number of carbonyl (C=O) groups excluding carboxylic acids is 1. The molecule has 0 aromatic heterocycles. The zero-order chi connectivity index (χ0) is 14.7. The van der Waals surface area contributed by atoms with Crippen LogP contribution in [0.3, 0.4) is 0 Å². The van der Waals surface area contributed by atoms with E-state index >= 15 is 0 Å². The summed E-state index contributed by atoms with van der Waals surface area (Å²) in [6.45, 7) is 0. The molecule has 4 nitrogen and oxygen atoms in total. The van der Waals surface area contributed by atoms with Gasteiger partial charge in [0, 0.05) is 18.2 Å². The molecule has 2 rings (SSSR count). The molecule has 0 saturated carbocycles. The summed E-state index contributed by atoms with van der Waals surface area (Å²) in [5.74, 6) is -1.48. The van der Waals surface area contributed by atoms with E-state index in [1.165, 1.54) is 30.1 Å². The van der Waals surface area contributed by atoms with Crippen LogP contribution in [0, 0.1) is 5.82 Å². The largest absolute Gasteiger partial charge is 0.491 e. The lowest BCUT2D eigenvalue weighted by Gasteiger charge is -2.18. The predicted molar refractivity (Wildman–Crippen MR) is 75.4 cm³/mol. The predicted octanol–water partition coefficient (Wildman–Crippen LogP) is 0.782. The van der Waals surface area contributed by atoms with Gasteiger partial charge in [-0.05, 0) is 18.2 Å². The molecule has 20 heavy (non-hydrogen) atoms. The summed E-state index contributed by atoms with van der Waals surface area (Å²) in [5, 5.41) is 18.1. The maximum Gasteiger partial charge on any atom is 0.491 e. The zero-order valence-electron chi connectivity index (χ0n) is 10.8. The number of anilines is 1. The molecule has 0 spiro atoms. The topological polar surface area (TPSA) is 60.8 Å². The highest BCUT2D eigenvalue weighted by molar-refractivity contribution is 6.58. The van der Waals surface area contributed by atoms with Gasteiger partial charge >= 0.3 is 7.12 Å². The Balaban J connectivity index is 2.37. The van der Waals surface area contributed by atoms with Gasteiger partial charge in [0.2, 0.25) is 0 Å². The molecule has 0 bridgehead atoms. The van der Waals surface area contributed by atoms with Crippen LogP contribution in [0.1, 0.15) is 10.4 Å². The average Bonchev–Trinajstić information content (AvgIpc) is 2.46. The second-order valence-electron chi connectivity index (χ2n) is 4.28. The molecule has 0 unspecified atom stereocenters. The number of nitrogens with zero attached hydrogens (tertiary/aromatic N) is 1. The monoisotopic (exact) mass is 273 g/mol. The molecule has 2 N–H and O–H groups in total. The summed E-state index contributed by atoms with van der Waals surface area (Å²) in [7, 11) is -0.427. The summed E-state index contributed by atoms with van der Waals surface area (Å²) in [4.78, 5) is 13.6. The lowest BCUT2D eigenvalue weighted by atomic mass is 9.79. The number of carbonyl (C=O) groups is 1. The van der Waals surface area contributed by atoms with Gasteiger partial charge in [-0.25, -0.2) is 4.39 Å². The first-order valence-corrected chi connectivity index (χ1v) is 6.00. The molecule has 0 aliphatic heterocycles. The van der Waals surface area contributed by atoms with Gasteiger partial charge in [-0.1, -0.05) is 30.3 Å². The van der Waals surface area contributed by atoms with Crippen LogP contribution in [0.4, 0.5) is 10.1 Å². The number of amides is 1. The summed E-state index contributed by atoms with van der Waals surface area (Å²) < 4.78 is 14.1. The summed E-state index contributed by atoms with van der Waals surface area (Å²) >= 11 is 0. The van der Waals surface area contributed by atoms with Crippen molar-refractivity contribution in [2.24, 2.45) is 0 Å². The molecule has 0 fully saturated rings. The molecule has 0 heterocycles. The van der Waals surface area contributed by atoms with E-state index in [0.29, 0.717) is 5.69 Å². The standard InChI is InChI=1S/C14H13BFNO3/c1-17(10-6-3-2-4-7-10)14(18)11-8-5-9-12(13(11)16)15(19)20/h2-9,19-20H,1H3. The van der Waals surface area contributed by atoms with Gasteiger partial charge in [-0.3, -0.25) is 4.79 Å². The van der Waals surface area contributed by atoms with E-state index in [1.54, 1.807) is 24.3 Å². The van der Waals surface area contributed by atoms with E-state index in [9.17, 15) is 9.18 Å². The highest BCUT2D eigenvalue weighted by Gasteiger charge is 2.23. The average molecular weight is 273 g/mol. The second kappa shape index (κ2) is 5.86. The van der Waals surface area contributed by atoms with Crippen LogP contribution < -0.4 is 10.4 Å². The van der Waals surface area contributed by atoms with Gasteiger partial charge in [0.1, 0.15) is 5.82 Å². The normalized spacial score (nSPS) is 10.2. The van der Waals surface area contributed by atoms with Crippen molar-refractivity contribution in [2.45, 2.75) is 0 Å². The van der Waals surface area contributed by atoms with E-state index in [1.807, 2.05) is 6.07 Å². The van der Waals surface area contributed by atoms with Gasteiger partial charge in [-0.2, -0.15) is 0 Å². The summed E-state index contributed by atoms with van der Waals surface area (Å²) in [6.07, 6.45) is 0. The van der Waals surface area contributed by atoms with Crippen LogP contribution in [-0.2, 0) is 0 Å². The Kier molecular flexibility index (Phi) is 4.17. The molecule has 0 atom stereocenters. The van der Waals surface area contributed by atoms with Gasteiger partial charge in [0.05, 0.1) is 5.56 Å². The van der Waals surface area contributed by atoms with Crippen molar-refractivity contribution in [1.29, 1.82) is 0 Å². The molecular formula is C14H13BFNO3. The lowest BCUT2D eigenvalue weighted by Crippen LogP contribution is -2.36. The number of halogens is 1. The van der Waals surface area contributed by atoms with Crippen molar-refractivity contribution < 1.29 is 19.2 Å². The molecule has 0 radical (unpaired) electrons. The first kappa shape index (κ1) is 14.2. The maximum absolute atomic E-state index is 14.1. The molecule has 0 saturated heterocycles. The quantitative estimate of drug-likeness (QED) is 0.812. The summed E-state index contributed by atoms with van der Waals surface area (Å²) in [5.41, 5.74) is 0.0890. The fourth-order valence-electron chi connectivity index (χ4n) is 1.86. The molecule has 0 aliphatic rings. The van der Waals surface area contributed by atoms with Gasteiger partial charge in [0.25, 0.3) is 5.91 Å². The first-order valence-electron chi connectivity index (χ1n) is 6.00. The minimum absolute atomic E-state index is 0.207. The van der Waals surface area contributed by atoms with E-state index in [4.69, 9.17) is 10.0 Å². The molecule has 102 valence electrons. The zero-order valence-corrected chi connectivity index (χ0v) is 10.8. The first-order chi connectivity index (χ1) is 9.52. The minimum atomic E-state index is -1.95. The van der Waals surface area contributed by atoms with E-state index in [-0.39, 0.29) is 11.0 Å². The van der Waals surface area contributed by atoms with Gasteiger partial charge in [0.15, 0.2) is 0 Å². The van der Waals surface area contributed by atoms with Crippen LogP contribution in [0.5, 0.6) is 0 Å². The molecule has 2 aromatic rings. The third-order valence-corrected chi connectivity index (χ3v) is 2.99. The smallest absolute Gasteiger partial charge is 0.423 e. The SMILES string of the molecule is CN(C(=O)c1cccc(B(O)O)c1F)c1ccccc1. The van der Waals surface area contributed by atoms with Crippen LogP contribution >= 0.6 is 0 Å². The van der Waals surface area contributed by atoms with Crippen molar-refractivity contribution >= 4 is 24.2 Å². The van der Waals surface area contributed by atoms with Crippen molar-refractivity contribution in [3.05, 3.63) is 59.9 Å². The van der Waals surface area contributed by atoms with Crippen LogP contribution in [-0.4, -0.2) is 30.1 Å². The van der Waals surface area contributed by atoms with Crippen LogP contribution in [0.2, 0.25) is 0 Å². The third kappa shape index (κ3) is 2.71. The number of hydrogen-bond donors (Lipinski definition) is 2. The van der Waals surface area contributed by atoms with Crippen molar-refractivity contribution in [2.75, 3.05) is 11.9 Å². The summed E-state index contributed by atoms with van der Waals surface area (Å²) in [6, 6.07) is 12.7. The number of benzene rings is 2. The Bertz CT molecular complexity index is 619. The Morgan fingerprint density at radius 2 is 1.75 bits per heavy atom. The third-order valence-electron chi connectivity index (χ3n) is 2.99. The van der Waals surface area contributed by atoms with E-state index in [0.717, 1.165) is 0 Å². The number of para-hydroxylation sites is 1. The number of rotatable bonds is 3. The fraction of sp³-hybridized carbons (Fsp3) is 0.0714. The maximum atomic E-state index is 14.1. The van der Waals surface area contributed by atoms with Crippen LogP contribution in [0.15, 0.2) is 48.5 Å². The Morgan fingerprint density at radius 3 is 2.35 bits per heavy atom. The highest BCUT2D eigenvalue weighted by Crippen LogP contribution is 2.16. The Hall–Kier alpha value is -2.18. The highest BCUT2D eigenvalue weighted by atomic mass is 19.1. The fourth-order valence-corrected chi connectivity index (χ4v) is 1.86. The van der Waals surface area contributed by atoms with Gasteiger partial charge < -0.3 is 14.9 Å². The molecule has 2 aromatic carbocycles. The second-order valence-corrected chi connectivity index (χ2v) is 4.28. The Labute approximate surface area is 116 Å². The van der Waals surface area contributed by atoms with Crippen molar-refractivity contribution in [3.63, 3.8) is 0 Å².